The van der Waals surface area contributed by atoms with Crippen LogP contribution in [0, 0.1) is 0 Å². The summed E-state index contributed by atoms with van der Waals surface area (Å²) in [5, 5.41) is 23.0. The largest absolute Gasteiger partial charge is 0.457 e. The van der Waals surface area contributed by atoms with Gasteiger partial charge in [0.2, 0.25) is 10.9 Å². The maximum Gasteiger partial charge on any atom is 0.408 e. The summed E-state index contributed by atoms with van der Waals surface area (Å²) in [6.07, 6.45) is -3.60. The number of carbonyl (C=O) groups excluding carboxylic acids is 6. The van der Waals surface area contributed by atoms with Gasteiger partial charge in [-0.05, 0) is 71.2 Å². The number of esters is 2. The van der Waals surface area contributed by atoms with Crippen molar-refractivity contribution in [1.82, 2.24) is 41.1 Å². The van der Waals surface area contributed by atoms with Crippen molar-refractivity contribution in [1.29, 1.82) is 0 Å². The number of aromatic nitrogens is 4. The van der Waals surface area contributed by atoms with E-state index in [9.17, 15) is 28.8 Å². The molecule has 0 aliphatic carbocycles. The zero-order valence-electron chi connectivity index (χ0n) is 41.8. The van der Waals surface area contributed by atoms with Gasteiger partial charge < -0.3 is 44.2 Å². The van der Waals surface area contributed by atoms with E-state index < -0.39 is 77.8 Å². The molecule has 2 aliphatic heterocycles. The number of nitrogens with zero attached hydrogens (tertiary/aromatic N) is 6. The second-order valence-corrected chi connectivity index (χ2v) is 20.0. The molecule has 4 amide bonds. The molecule has 2 aromatic heterocycles. The van der Waals surface area contributed by atoms with Crippen LogP contribution in [0.25, 0.3) is 0 Å². The molecule has 21 nitrogen and oxygen atoms in total. The summed E-state index contributed by atoms with van der Waals surface area (Å²) in [7, 11) is 2.92. The Morgan fingerprint density at radius 3 is 1.93 bits per heavy atom. The molecule has 1 saturated heterocycles. The summed E-state index contributed by atoms with van der Waals surface area (Å²) in [6, 6.07) is 36.8. The molecule has 0 spiro atoms. The van der Waals surface area contributed by atoms with Gasteiger partial charge in [-0.2, -0.15) is 0 Å². The fraction of sp³-hybridized carbons (Fsp3) is 0.283. The van der Waals surface area contributed by atoms with Crippen LogP contribution < -0.4 is 16.0 Å². The Morgan fingerprint density at radius 2 is 1.39 bits per heavy atom. The number of thioether (sulfide) groups is 2. The molecule has 3 atom stereocenters. The lowest BCUT2D eigenvalue weighted by atomic mass is 10.0. The number of ether oxygens (including phenoxy) is 4. The number of rotatable bonds is 20. The Labute approximate surface area is 445 Å². The maximum atomic E-state index is 14.5. The number of oxime groups is 1. The van der Waals surface area contributed by atoms with Gasteiger partial charge in [-0.1, -0.05) is 138 Å². The van der Waals surface area contributed by atoms with E-state index in [4.69, 9.17) is 28.2 Å². The monoisotopic (exact) mass is 1070 g/mol. The molecule has 4 aromatic carbocycles. The minimum Gasteiger partial charge on any atom is -0.457 e. The number of furan rings is 1. The number of alkyl carbamates (subject to hydrolysis) is 2. The molecule has 0 bridgehead atoms. The third-order valence-corrected chi connectivity index (χ3v) is 13.8. The van der Waals surface area contributed by atoms with Crippen molar-refractivity contribution in [3.8, 4) is 0 Å². The summed E-state index contributed by atoms with van der Waals surface area (Å²) >= 11 is 2.64. The summed E-state index contributed by atoms with van der Waals surface area (Å²) in [5.41, 5.74) is 2.20. The highest BCUT2D eigenvalue weighted by Crippen LogP contribution is 2.43. The van der Waals surface area contributed by atoms with Crippen molar-refractivity contribution in [2.75, 3.05) is 25.2 Å². The smallest absolute Gasteiger partial charge is 0.408 e. The van der Waals surface area contributed by atoms with Crippen LogP contribution in [-0.4, -0.2) is 115 Å². The van der Waals surface area contributed by atoms with Crippen LogP contribution >= 0.6 is 23.5 Å². The number of β-lactam (4-membered cyclic amide) rings is 1. The van der Waals surface area contributed by atoms with E-state index >= 15 is 0 Å². The molecule has 2 aliphatic rings. The Balaban J connectivity index is 0.916. The van der Waals surface area contributed by atoms with Gasteiger partial charge in [0.15, 0.2) is 24.0 Å². The van der Waals surface area contributed by atoms with E-state index in [0.29, 0.717) is 27.6 Å². The zero-order chi connectivity index (χ0) is 53.8. The number of hydrogen-bond donors (Lipinski definition) is 3. The van der Waals surface area contributed by atoms with Crippen molar-refractivity contribution < 1.29 is 57.0 Å². The van der Waals surface area contributed by atoms with Crippen LogP contribution in [0.3, 0.4) is 0 Å². The van der Waals surface area contributed by atoms with Crippen molar-refractivity contribution in [2.45, 2.75) is 67.7 Å². The highest BCUT2D eigenvalue weighted by atomic mass is 32.2. The van der Waals surface area contributed by atoms with E-state index in [0.717, 1.165) is 11.1 Å². The van der Waals surface area contributed by atoms with E-state index in [1.807, 2.05) is 72.8 Å². The molecule has 1 fully saturated rings. The lowest BCUT2D eigenvalue weighted by Crippen LogP contribution is -2.71. The third kappa shape index (κ3) is 13.4. The van der Waals surface area contributed by atoms with Gasteiger partial charge in [0.05, 0.1) is 6.54 Å². The molecule has 1 unspecified atom stereocenters. The SMILES string of the molecule is CO/N=C(/C(=O)N[C@@H]1C(=O)N2C(C(=O)OC(c3ccccc3)c3ccccc3)=C(CSc3nnnn3C)CS[C@H]12)c1ccc(CNC(=O)OCC(NC(=O)OC(C)(C)C)C(=O)OC(c2ccccc2)c2ccccc2)o1. The van der Waals surface area contributed by atoms with Crippen molar-refractivity contribution >= 4 is 65.2 Å². The Hall–Kier alpha value is -8.44. The average molecular weight is 1070 g/mol. The lowest BCUT2D eigenvalue weighted by Gasteiger charge is -2.49. The summed E-state index contributed by atoms with van der Waals surface area (Å²) < 4.78 is 30.4. The van der Waals surface area contributed by atoms with Crippen LogP contribution in [0.4, 0.5) is 9.59 Å². The molecule has 394 valence electrons. The molecular formula is C53H53N9O12S2. The quantitative estimate of drug-likeness (QED) is 0.0187. The van der Waals surface area contributed by atoms with Gasteiger partial charge in [0.25, 0.3) is 11.8 Å². The number of amides is 4. The summed E-state index contributed by atoms with van der Waals surface area (Å²) in [4.78, 5) is 88.8. The lowest BCUT2D eigenvalue weighted by molar-refractivity contribution is -0.154. The van der Waals surface area contributed by atoms with Crippen LogP contribution in [0.1, 0.15) is 66.8 Å². The molecule has 0 radical (unpaired) electrons. The Bertz CT molecular complexity index is 3000. The molecule has 4 heterocycles. The van der Waals surface area contributed by atoms with Crippen LogP contribution in [0.15, 0.2) is 159 Å². The minimum absolute atomic E-state index is 0.0562. The number of fused-ring (bicyclic) bond motifs is 1. The van der Waals surface area contributed by atoms with Crippen molar-refractivity contribution in [3.63, 3.8) is 0 Å². The fourth-order valence-electron chi connectivity index (χ4n) is 7.89. The number of carbonyl (C=O) groups is 6. The standard InChI is InChI=1S/C53H53N9O12S2/c1-53(2,3)74-52(68)55-38(48(65)72-43(32-18-10-6-11-19-32)33-20-12-7-13-21-33)29-70-51(67)54-28-37-26-27-39(71-37)40(58-69-5)45(63)56-41-46(64)62-42(36(30-75-47(41)62)31-76-50-57-59-60-61(50)4)49(66)73-44(34-22-14-8-15-23-34)35-24-16-9-17-25-35/h6-27,38,41,43-44,47H,28-31H2,1-5H3,(H,54,67)(H,55,68)(H,56,63)/b58-40+/t38?,41-,47-/m1/s1. The van der Waals surface area contributed by atoms with Crippen molar-refractivity contribution in [3.05, 3.63) is 179 Å². The fourth-order valence-corrected chi connectivity index (χ4v) is 10.2. The van der Waals surface area contributed by atoms with E-state index in [2.05, 4.69) is 36.6 Å². The second kappa shape index (κ2) is 24.7. The second-order valence-electron chi connectivity index (χ2n) is 18.0. The van der Waals surface area contributed by atoms with Gasteiger partial charge in [-0.15, -0.1) is 16.9 Å². The van der Waals surface area contributed by atoms with Crippen molar-refractivity contribution in [2.24, 2.45) is 12.2 Å². The zero-order valence-corrected chi connectivity index (χ0v) is 43.4. The van der Waals surface area contributed by atoms with Gasteiger partial charge in [-0.25, -0.2) is 23.9 Å². The maximum absolute atomic E-state index is 14.5. The van der Waals surface area contributed by atoms with Gasteiger partial charge in [-0.3, -0.25) is 14.5 Å². The van der Waals surface area contributed by atoms with Crippen LogP contribution in [0.5, 0.6) is 0 Å². The van der Waals surface area contributed by atoms with Crippen LogP contribution in [0.2, 0.25) is 0 Å². The first kappa shape index (κ1) is 53.8. The predicted octanol–water partition coefficient (Wildman–Crippen LogP) is 6.39. The first-order valence-electron chi connectivity index (χ1n) is 23.7. The number of aryl methyl sites for hydroxylation is 1. The molecular weight excluding hydrogens is 1020 g/mol. The summed E-state index contributed by atoms with van der Waals surface area (Å²) in [5.74, 6) is -2.41. The number of benzene rings is 4. The van der Waals surface area contributed by atoms with E-state index in [1.54, 1.807) is 76.3 Å². The normalized spacial score (nSPS) is 15.8. The third-order valence-electron chi connectivity index (χ3n) is 11.4. The topological polar surface area (TPSA) is 257 Å². The number of tetrazole rings is 1. The average Bonchev–Trinajstić information content (AvgIpc) is 4.17. The predicted molar refractivity (Wildman–Crippen MR) is 277 cm³/mol. The molecule has 8 rings (SSSR count). The molecule has 0 saturated carbocycles. The van der Waals surface area contributed by atoms with Gasteiger partial charge >= 0.3 is 24.1 Å². The first-order chi connectivity index (χ1) is 36.7. The van der Waals surface area contributed by atoms with E-state index in [1.165, 1.54) is 52.3 Å². The summed E-state index contributed by atoms with van der Waals surface area (Å²) in [6.45, 7) is 4.05. The van der Waals surface area contributed by atoms with Gasteiger partial charge in [0, 0.05) is 18.6 Å². The highest BCUT2D eigenvalue weighted by molar-refractivity contribution is 8.01. The molecule has 3 N–H and O–H groups in total. The highest BCUT2D eigenvalue weighted by Gasteiger charge is 2.55. The first-order valence-corrected chi connectivity index (χ1v) is 25.7. The minimum atomic E-state index is -1.49. The number of hydrogen-bond acceptors (Lipinski definition) is 18. The number of nitrogens with one attached hydrogen (secondary N) is 3. The van der Waals surface area contributed by atoms with Gasteiger partial charge in [0.1, 0.15) is 42.2 Å². The van der Waals surface area contributed by atoms with Crippen LogP contribution in [-0.2, 0) is 56.6 Å². The Kier molecular flexibility index (Phi) is 17.5. The molecule has 76 heavy (non-hydrogen) atoms. The molecule has 6 aromatic rings. The Morgan fingerprint density at radius 1 is 0.816 bits per heavy atom. The van der Waals surface area contributed by atoms with E-state index in [-0.39, 0.29) is 35.2 Å². The molecule has 23 heteroatoms.